The Morgan fingerprint density at radius 3 is 2.33 bits per heavy atom. The van der Waals surface area contributed by atoms with Crippen molar-refractivity contribution in [2.75, 3.05) is 0 Å². The lowest BCUT2D eigenvalue weighted by Gasteiger charge is -2.32. The highest BCUT2D eigenvalue weighted by atomic mass is 16.6. The van der Waals surface area contributed by atoms with Gasteiger partial charge in [0.15, 0.2) is 12.4 Å². The molecule has 1 aliphatic rings. The van der Waals surface area contributed by atoms with Gasteiger partial charge in [-0.15, -0.1) is 0 Å². The largest absolute Gasteiger partial charge is 0.479 e. The highest BCUT2D eigenvalue weighted by molar-refractivity contribution is 5.72. The number of aliphatic hydroxyl groups excluding tert-OH is 3. The van der Waals surface area contributed by atoms with Gasteiger partial charge in [0.05, 0.1) is 6.10 Å². The molecule has 0 saturated carbocycles. The highest BCUT2D eigenvalue weighted by Crippen LogP contribution is 2.18. The molecular formula is C6H10O6. The Bertz CT molecular complexity index is 169. The number of hydrogen-bond donors (Lipinski definition) is 4. The van der Waals surface area contributed by atoms with Crippen molar-refractivity contribution in [2.24, 2.45) is 0 Å². The number of carboxylic acid groups (broad SMARTS) is 1. The Hall–Kier alpha value is -0.690. The second kappa shape index (κ2) is 3.36. The maximum atomic E-state index is 10.3. The molecule has 1 fully saturated rings. The molecule has 0 radical (unpaired) electrons. The summed E-state index contributed by atoms with van der Waals surface area (Å²) in [5.41, 5.74) is 0. The molecule has 1 aliphatic heterocycles. The third kappa shape index (κ3) is 1.72. The first-order valence-electron chi connectivity index (χ1n) is 3.45. The number of carboxylic acids is 1. The SMILES string of the molecule is O=C(O)[C@H]1C[C@H](O)[C@@H](O)[C@H](O)O1. The van der Waals surface area contributed by atoms with Crippen LogP contribution in [0.4, 0.5) is 0 Å². The van der Waals surface area contributed by atoms with Gasteiger partial charge in [0.1, 0.15) is 6.10 Å². The summed E-state index contributed by atoms with van der Waals surface area (Å²) in [5, 5.41) is 35.2. The summed E-state index contributed by atoms with van der Waals surface area (Å²) in [6, 6.07) is 0. The van der Waals surface area contributed by atoms with Crippen LogP contribution in [0.5, 0.6) is 0 Å². The minimum Gasteiger partial charge on any atom is -0.479 e. The molecule has 0 aromatic carbocycles. The van der Waals surface area contributed by atoms with Gasteiger partial charge >= 0.3 is 5.97 Å². The summed E-state index contributed by atoms with van der Waals surface area (Å²) in [7, 11) is 0. The highest BCUT2D eigenvalue weighted by Gasteiger charge is 2.38. The summed E-state index contributed by atoms with van der Waals surface area (Å²) in [4.78, 5) is 10.3. The van der Waals surface area contributed by atoms with E-state index in [9.17, 15) is 4.79 Å². The van der Waals surface area contributed by atoms with E-state index in [4.69, 9.17) is 20.4 Å². The van der Waals surface area contributed by atoms with E-state index in [1.54, 1.807) is 0 Å². The molecule has 0 unspecified atom stereocenters. The lowest BCUT2D eigenvalue weighted by molar-refractivity contribution is -0.248. The molecule has 0 amide bonds. The van der Waals surface area contributed by atoms with Crippen molar-refractivity contribution in [3.8, 4) is 0 Å². The van der Waals surface area contributed by atoms with Gasteiger partial charge in [-0.05, 0) is 0 Å². The number of rotatable bonds is 1. The van der Waals surface area contributed by atoms with Gasteiger partial charge in [-0.3, -0.25) is 0 Å². The molecule has 4 atom stereocenters. The summed E-state index contributed by atoms with van der Waals surface area (Å²) in [5.74, 6) is -1.26. The molecule has 0 aromatic rings. The molecule has 4 N–H and O–H groups in total. The van der Waals surface area contributed by atoms with E-state index in [0.717, 1.165) is 0 Å². The quantitative estimate of drug-likeness (QED) is 0.366. The normalized spacial score (nSPS) is 42.6. The maximum Gasteiger partial charge on any atom is 0.333 e. The fourth-order valence-corrected chi connectivity index (χ4v) is 1.01. The number of hydrogen-bond acceptors (Lipinski definition) is 5. The fourth-order valence-electron chi connectivity index (χ4n) is 1.01. The molecule has 1 saturated heterocycles. The zero-order valence-electron chi connectivity index (χ0n) is 6.12. The van der Waals surface area contributed by atoms with Gasteiger partial charge < -0.3 is 25.2 Å². The molecule has 6 nitrogen and oxygen atoms in total. The van der Waals surface area contributed by atoms with Crippen LogP contribution in [0.15, 0.2) is 0 Å². The third-order valence-corrected chi connectivity index (χ3v) is 1.72. The van der Waals surface area contributed by atoms with Crippen LogP contribution in [0.1, 0.15) is 6.42 Å². The molecule has 1 rings (SSSR count). The molecule has 12 heavy (non-hydrogen) atoms. The van der Waals surface area contributed by atoms with Gasteiger partial charge in [-0.2, -0.15) is 0 Å². The van der Waals surface area contributed by atoms with E-state index in [1.807, 2.05) is 0 Å². The van der Waals surface area contributed by atoms with E-state index in [2.05, 4.69) is 4.74 Å². The monoisotopic (exact) mass is 178 g/mol. The van der Waals surface area contributed by atoms with Crippen molar-refractivity contribution in [3.63, 3.8) is 0 Å². The van der Waals surface area contributed by atoms with Crippen LogP contribution < -0.4 is 0 Å². The van der Waals surface area contributed by atoms with Crippen molar-refractivity contribution >= 4 is 5.97 Å². The van der Waals surface area contributed by atoms with E-state index in [0.29, 0.717) is 0 Å². The first kappa shape index (κ1) is 9.40. The van der Waals surface area contributed by atoms with Gasteiger partial charge in [-0.25, -0.2) is 4.79 Å². The first-order chi connectivity index (χ1) is 5.52. The van der Waals surface area contributed by atoms with E-state index < -0.39 is 30.6 Å². The average molecular weight is 178 g/mol. The molecule has 6 heteroatoms. The first-order valence-corrected chi connectivity index (χ1v) is 3.45. The number of aliphatic hydroxyl groups is 3. The van der Waals surface area contributed by atoms with Crippen LogP contribution in [0.2, 0.25) is 0 Å². The van der Waals surface area contributed by atoms with Gasteiger partial charge in [0.25, 0.3) is 0 Å². The van der Waals surface area contributed by atoms with Crippen molar-refractivity contribution in [1.29, 1.82) is 0 Å². The molecule has 0 aliphatic carbocycles. The zero-order chi connectivity index (χ0) is 9.30. The molecule has 0 bridgehead atoms. The van der Waals surface area contributed by atoms with Crippen LogP contribution >= 0.6 is 0 Å². The van der Waals surface area contributed by atoms with Gasteiger partial charge in [-0.1, -0.05) is 0 Å². The van der Waals surface area contributed by atoms with Crippen molar-refractivity contribution in [2.45, 2.75) is 31.0 Å². The lowest BCUT2D eigenvalue weighted by atomic mass is 10.0. The third-order valence-electron chi connectivity index (χ3n) is 1.72. The summed E-state index contributed by atoms with van der Waals surface area (Å²) in [6.07, 6.45) is -5.78. The van der Waals surface area contributed by atoms with Crippen molar-refractivity contribution < 1.29 is 30.0 Å². The number of ether oxygens (including phenoxy) is 1. The Morgan fingerprint density at radius 1 is 1.33 bits per heavy atom. The predicted octanol–water partition coefficient (Wildman–Crippen LogP) is -2.10. The van der Waals surface area contributed by atoms with E-state index in [1.165, 1.54) is 0 Å². The smallest absolute Gasteiger partial charge is 0.333 e. The second-order valence-electron chi connectivity index (χ2n) is 2.65. The minimum absolute atomic E-state index is 0.215. The Kier molecular flexibility index (Phi) is 2.63. The Balaban J connectivity index is 2.59. The van der Waals surface area contributed by atoms with Crippen molar-refractivity contribution in [3.05, 3.63) is 0 Å². The molecule has 0 spiro atoms. The average Bonchev–Trinajstić information content (AvgIpc) is 1.99. The molecule has 0 aromatic heterocycles. The van der Waals surface area contributed by atoms with Gasteiger partial charge in [0.2, 0.25) is 0 Å². The topological polar surface area (TPSA) is 107 Å². The zero-order valence-corrected chi connectivity index (χ0v) is 6.12. The Labute approximate surface area is 68.0 Å². The van der Waals surface area contributed by atoms with Gasteiger partial charge in [0, 0.05) is 6.42 Å². The summed E-state index contributed by atoms with van der Waals surface area (Å²) < 4.78 is 4.48. The molecule has 1 heterocycles. The standard InChI is InChI=1S/C6H10O6/c7-2-1-3(5(9)10)12-6(11)4(2)8/h2-4,6-8,11H,1H2,(H,9,10)/t2-,3+,4+,6+/m0/s1. The number of aliphatic carboxylic acids is 1. The summed E-state index contributed by atoms with van der Waals surface area (Å²) in [6.45, 7) is 0. The van der Waals surface area contributed by atoms with E-state index in [-0.39, 0.29) is 6.42 Å². The Morgan fingerprint density at radius 2 is 1.92 bits per heavy atom. The minimum atomic E-state index is -1.63. The van der Waals surface area contributed by atoms with Crippen LogP contribution in [0, 0.1) is 0 Å². The maximum absolute atomic E-state index is 10.3. The fraction of sp³-hybridized carbons (Fsp3) is 0.833. The summed E-state index contributed by atoms with van der Waals surface area (Å²) >= 11 is 0. The molecule has 70 valence electrons. The molecular weight excluding hydrogens is 168 g/mol. The van der Waals surface area contributed by atoms with Crippen molar-refractivity contribution in [1.82, 2.24) is 0 Å². The lowest BCUT2D eigenvalue weighted by Crippen LogP contribution is -2.50. The van der Waals surface area contributed by atoms with Crippen LogP contribution in [0.3, 0.4) is 0 Å². The second-order valence-corrected chi connectivity index (χ2v) is 2.65. The van der Waals surface area contributed by atoms with E-state index >= 15 is 0 Å². The predicted molar refractivity (Wildman–Crippen MR) is 35.1 cm³/mol. The van der Waals surface area contributed by atoms with Crippen LogP contribution in [0.25, 0.3) is 0 Å². The van der Waals surface area contributed by atoms with Crippen LogP contribution in [-0.2, 0) is 9.53 Å². The van der Waals surface area contributed by atoms with Crippen LogP contribution in [-0.4, -0.2) is 51.0 Å². The number of carbonyl (C=O) groups is 1.